The SMILES string of the molecule is CCCOc1cc(NC(C)c2cn[nH]c2)cc([N+](=O)[O-])c1. The molecule has 0 aliphatic carbocycles. The van der Waals surface area contributed by atoms with Gasteiger partial charge in [0.25, 0.3) is 5.69 Å². The second kappa shape index (κ2) is 6.74. The molecule has 7 heteroatoms. The van der Waals surface area contributed by atoms with Crippen LogP contribution in [0.5, 0.6) is 5.75 Å². The van der Waals surface area contributed by atoms with E-state index in [1.54, 1.807) is 18.5 Å². The predicted molar refractivity (Wildman–Crippen MR) is 79.5 cm³/mol. The number of non-ortho nitro benzene ring substituents is 1. The second-order valence-corrected chi connectivity index (χ2v) is 4.72. The van der Waals surface area contributed by atoms with E-state index in [4.69, 9.17) is 4.74 Å². The van der Waals surface area contributed by atoms with Gasteiger partial charge < -0.3 is 10.1 Å². The quantitative estimate of drug-likeness (QED) is 0.603. The number of nitrogens with one attached hydrogen (secondary N) is 2. The minimum Gasteiger partial charge on any atom is -0.493 e. The fourth-order valence-electron chi connectivity index (χ4n) is 1.91. The summed E-state index contributed by atoms with van der Waals surface area (Å²) in [6.07, 6.45) is 4.34. The van der Waals surface area contributed by atoms with Crippen molar-refractivity contribution in [1.82, 2.24) is 10.2 Å². The number of ether oxygens (including phenoxy) is 1. The molecule has 2 N–H and O–H groups in total. The van der Waals surface area contributed by atoms with Gasteiger partial charge in [0.15, 0.2) is 0 Å². The number of nitro benzene ring substituents is 1. The fourth-order valence-corrected chi connectivity index (χ4v) is 1.91. The van der Waals surface area contributed by atoms with Crippen molar-refractivity contribution >= 4 is 11.4 Å². The highest BCUT2D eigenvalue weighted by molar-refractivity contribution is 5.57. The van der Waals surface area contributed by atoms with Gasteiger partial charge in [0, 0.05) is 29.6 Å². The molecule has 1 heterocycles. The largest absolute Gasteiger partial charge is 0.493 e. The number of hydrogen-bond acceptors (Lipinski definition) is 5. The molecule has 0 saturated carbocycles. The lowest BCUT2D eigenvalue weighted by atomic mass is 10.1. The average molecular weight is 290 g/mol. The van der Waals surface area contributed by atoms with Crippen LogP contribution in [0.3, 0.4) is 0 Å². The van der Waals surface area contributed by atoms with Gasteiger partial charge in [0.05, 0.1) is 29.8 Å². The number of nitro groups is 1. The van der Waals surface area contributed by atoms with Gasteiger partial charge in [0.1, 0.15) is 5.75 Å². The number of rotatable bonds is 7. The van der Waals surface area contributed by atoms with Gasteiger partial charge >= 0.3 is 0 Å². The van der Waals surface area contributed by atoms with Gasteiger partial charge in [-0.2, -0.15) is 5.10 Å². The van der Waals surface area contributed by atoms with Gasteiger partial charge in [-0.1, -0.05) is 6.92 Å². The summed E-state index contributed by atoms with van der Waals surface area (Å²) in [5.41, 5.74) is 1.62. The first kappa shape index (κ1) is 14.8. The van der Waals surface area contributed by atoms with Crippen molar-refractivity contribution in [2.75, 3.05) is 11.9 Å². The summed E-state index contributed by atoms with van der Waals surface area (Å²) in [7, 11) is 0. The Balaban J connectivity index is 2.20. The van der Waals surface area contributed by atoms with Crippen LogP contribution >= 0.6 is 0 Å². The summed E-state index contributed by atoms with van der Waals surface area (Å²) in [5.74, 6) is 0.493. The number of anilines is 1. The van der Waals surface area contributed by atoms with Crippen molar-refractivity contribution in [3.05, 3.63) is 46.3 Å². The van der Waals surface area contributed by atoms with Crippen molar-refractivity contribution in [2.45, 2.75) is 26.3 Å². The number of H-pyrrole nitrogens is 1. The Morgan fingerprint density at radius 3 is 2.90 bits per heavy atom. The summed E-state index contributed by atoms with van der Waals surface area (Å²) in [6.45, 7) is 4.46. The maximum Gasteiger partial charge on any atom is 0.275 e. The van der Waals surface area contributed by atoms with Gasteiger partial charge in [0.2, 0.25) is 0 Å². The summed E-state index contributed by atoms with van der Waals surface area (Å²) in [5, 5.41) is 20.8. The zero-order chi connectivity index (χ0) is 15.2. The summed E-state index contributed by atoms with van der Waals surface area (Å²) in [6, 6.07) is 4.67. The summed E-state index contributed by atoms with van der Waals surface area (Å²) in [4.78, 5) is 10.6. The van der Waals surface area contributed by atoms with Gasteiger partial charge in [-0.3, -0.25) is 15.2 Å². The Hall–Kier alpha value is -2.57. The van der Waals surface area contributed by atoms with Crippen LogP contribution in [0.1, 0.15) is 31.9 Å². The third-order valence-electron chi connectivity index (χ3n) is 2.98. The van der Waals surface area contributed by atoms with Crippen molar-refractivity contribution in [3.63, 3.8) is 0 Å². The molecule has 0 saturated heterocycles. The van der Waals surface area contributed by atoms with E-state index in [9.17, 15) is 10.1 Å². The molecule has 0 aliphatic heterocycles. The van der Waals surface area contributed by atoms with Gasteiger partial charge in [-0.15, -0.1) is 0 Å². The molecule has 1 aromatic heterocycles. The Labute approximate surface area is 122 Å². The maximum absolute atomic E-state index is 11.0. The number of aromatic amines is 1. The molecule has 7 nitrogen and oxygen atoms in total. The smallest absolute Gasteiger partial charge is 0.275 e. The standard InChI is InChI=1S/C14H18N4O3/c1-3-4-21-14-6-12(5-13(7-14)18(19)20)17-10(2)11-8-15-16-9-11/h5-10,17H,3-4H2,1-2H3,(H,15,16). The first-order valence-corrected chi connectivity index (χ1v) is 6.77. The van der Waals surface area contributed by atoms with E-state index in [2.05, 4.69) is 15.5 Å². The lowest BCUT2D eigenvalue weighted by molar-refractivity contribution is -0.384. The second-order valence-electron chi connectivity index (χ2n) is 4.72. The highest BCUT2D eigenvalue weighted by Crippen LogP contribution is 2.28. The molecule has 112 valence electrons. The van der Waals surface area contributed by atoms with Crippen molar-refractivity contribution < 1.29 is 9.66 Å². The van der Waals surface area contributed by atoms with Crippen molar-refractivity contribution in [1.29, 1.82) is 0 Å². The van der Waals surface area contributed by atoms with Gasteiger partial charge in [-0.25, -0.2) is 0 Å². The van der Waals surface area contributed by atoms with Gasteiger partial charge in [-0.05, 0) is 13.3 Å². The molecular formula is C14H18N4O3. The predicted octanol–water partition coefficient (Wildman–Crippen LogP) is 3.28. The fraction of sp³-hybridized carbons (Fsp3) is 0.357. The molecule has 0 fully saturated rings. The molecule has 2 aromatic rings. The molecule has 0 spiro atoms. The Bertz CT molecular complexity index is 598. The number of aromatic nitrogens is 2. The molecule has 0 radical (unpaired) electrons. The normalized spacial score (nSPS) is 11.9. The molecule has 1 atom stereocenters. The van der Waals surface area contributed by atoms with E-state index in [1.807, 2.05) is 13.8 Å². The molecule has 0 aliphatic rings. The summed E-state index contributed by atoms with van der Waals surface area (Å²) < 4.78 is 5.50. The van der Waals surface area contributed by atoms with Crippen molar-refractivity contribution in [2.24, 2.45) is 0 Å². The Morgan fingerprint density at radius 1 is 1.48 bits per heavy atom. The van der Waals surface area contributed by atoms with E-state index in [1.165, 1.54) is 12.1 Å². The van der Waals surface area contributed by atoms with Crippen LogP contribution in [-0.2, 0) is 0 Å². The highest BCUT2D eigenvalue weighted by Gasteiger charge is 2.13. The molecule has 0 bridgehead atoms. The van der Waals surface area contributed by atoms with Crippen LogP contribution in [0.25, 0.3) is 0 Å². The van der Waals surface area contributed by atoms with E-state index in [-0.39, 0.29) is 11.7 Å². The van der Waals surface area contributed by atoms with E-state index < -0.39 is 4.92 Å². The van der Waals surface area contributed by atoms with Crippen LogP contribution in [0.2, 0.25) is 0 Å². The van der Waals surface area contributed by atoms with Crippen molar-refractivity contribution in [3.8, 4) is 5.75 Å². The third-order valence-corrected chi connectivity index (χ3v) is 2.98. The van der Waals surface area contributed by atoms with Crippen LogP contribution in [0.15, 0.2) is 30.6 Å². The Kier molecular flexibility index (Phi) is 4.76. The highest BCUT2D eigenvalue weighted by atomic mass is 16.6. The third kappa shape index (κ3) is 3.95. The molecule has 1 unspecified atom stereocenters. The average Bonchev–Trinajstić information content (AvgIpc) is 2.99. The van der Waals surface area contributed by atoms with E-state index >= 15 is 0 Å². The van der Waals surface area contributed by atoms with Crippen LogP contribution in [0.4, 0.5) is 11.4 Å². The van der Waals surface area contributed by atoms with E-state index in [0.29, 0.717) is 18.0 Å². The lowest BCUT2D eigenvalue weighted by Gasteiger charge is -2.14. The maximum atomic E-state index is 11.0. The summed E-state index contributed by atoms with van der Waals surface area (Å²) >= 11 is 0. The first-order chi connectivity index (χ1) is 10.1. The number of hydrogen-bond donors (Lipinski definition) is 2. The zero-order valence-corrected chi connectivity index (χ0v) is 12.0. The minimum absolute atomic E-state index is 0.00509. The monoisotopic (exact) mass is 290 g/mol. The van der Waals surface area contributed by atoms with Crippen LogP contribution in [0, 0.1) is 10.1 Å². The molecular weight excluding hydrogens is 272 g/mol. The molecule has 1 aromatic carbocycles. The molecule has 21 heavy (non-hydrogen) atoms. The Morgan fingerprint density at radius 2 is 2.29 bits per heavy atom. The zero-order valence-electron chi connectivity index (χ0n) is 12.0. The first-order valence-electron chi connectivity index (χ1n) is 6.77. The van der Waals surface area contributed by atoms with E-state index in [0.717, 1.165) is 12.0 Å². The topological polar surface area (TPSA) is 93.1 Å². The number of benzene rings is 1. The minimum atomic E-state index is -0.424. The lowest BCUT2D eigenvalue weighted by Crippen LogP contribution is -2.06. The molecule has 0 amide bonds. The van der Waals surface area contributed by atoms with Crippen LogP contribution in [-0.4, -0.2) is 21.7 Å². The molecule has 2 rings (SSSR count). The van der Waals surface area contributed by atoms with Crippen LogP contribution < -0.4 is 10.1 Å². The number of nitrogens with zero attached hydrogens (tertiary/aromatic N) is 2.